The van der Waals surface area contributed by atoms with Crippen molar-refractivity contribution >= 4 is 0 Å². The molecule has 0 heterocycles. The Balaban J connectivity index is 2.77. The lowest BCUT2D eigenvalue weighted by Gasteiger charge is -2.22. The van der Waals surface area contributed by atoms with E-state index in [1.165, 1.54) is 12.1 Å². The van der Waals surface area contributed by atoms with Crippen molar-refractivity contribution in [1.29, 1.82) is 0 Å². The lowest BCUT2D eigenvalue weighted by Crippen LogP contribution is -2.34. The van der Waals surface area contributed by atoms with Crippen LogP contribution in [0.2, 0.25) is 0 Å². The first-order valence-electron chi connectivity index (χ1n) is 6.35. The Kier molecular flexibility index (Phi) is 5.82. The zero-order valence-corrected chi connectivity index (χ0v) is 11.2. The number of benzene rings is 1. The maximum absolute atomic E-state index is 12.8. The van der Waals surface area contributed by atoms with Gasteiger partial charge < -0.3 is 10.4 Å². The van der Waals surface area contributed by atoms with Gasteiger partial charge in [0.1, 0.15) is 0 Å². The van der Waals surface area contributed by atoms with Gasteiger partial charge in [0.15, 0.2) is 0 Å². The molecule has 0 aliphatic heterocycles. The molecule has 0 fully saturated rings. The third kappa shape index (κ3) is 4.84. The van der Waals surface area contributed by atoms with E-state index in [-0.39, 0.29) is 30.7 Å². The number of aliphatic hydroxyl groups is 1. The smallest absolute Gasteiger partial charge is 0.396 e. The van der Waals surface area contributed by atoms with Gasteiger partial charge in [-0.3, -0.25) is 0 Å². The molecular weight excluding hydrogens is 255 g/mol. The van der Waals surface area contributed by atoms with Crippen molar-refractivity contribution in [3.8, 4) is 0 Å². The molecule has 0 aliphatic carbocycles. The lowest BCUT2D eigenvalue weighted by atomic mass is 10.00. The SMILES string of the molecule is CC(C)C(CCO)NCc1ccccc1C(F)(F)F. The summed E-state index contributed by atoms with van der Waals surface area (Å²) in [5.74, 6) is 0.255. The van der Waals surface area contributed by atoms with Crippen LogP contribution >= 0.6 is 0 Å². The van der Waals surface area contributed by atoms with E-state index in [9.17, 15) is 13.2 Å². The highest BCUT2D eigenvalue weighted by Gasteiger charge is 2.32. The standard InChI is InChI=1S/C14H20F3NO/c1-10(2)13(7-8-19)18-9-11-5-3-4-6-12(11)14(15,16)17/h3-6,10,13,18-19H,7-9H2,1-2H3. The van der Waals surface area contributed by atoms with E-state index >= 15 is 0 Å². The Morgan fingerprint density at radius 1 is 1.21 bits per heavy atom. The van der Waals surface area contributed by atoms with E-state index in [4.69, 9.17) is 5.11 Å². The molecule has 5 heteroatoms. The predicted molar refractivity (Wildman–Crippen MR) is 68.6 cm³/mol. The van der Waals surface area contributed by atoms with E-state index in [1.807, 2.05) is 13.8 Å². The molecule has 1 rings (SSSR count). The second kappa shape index (κ2) is 6.91. The largest absolute Gasteiger partial charge is 0.416 e. The minimum Gasteiger partial charge on any atom is -0.396 e. The third-order valence-electron chi connectivity index (χ3n) is 3.12. The maximum Gasteiger partial charge on any atom is 0.416 e. The van der Waals surface area contributed by atoms with Crippen LogP contribution in [0.5, 0.6) is 0 Å². The molecule has 1 unspecified atom stereocenters. The Morgan fingerprint density at radius 2 is 1.84 bits per heavy atom. The molecule has 1 aromatic carbocycles. The Labute approximate surface area is 111 Å². The third-order valence-corrected chi connectivity index (χ3v) is 3.12. The van der Waals surface area contributed by atoms with Crippen molar-refractivity contribution in [2.75, 3.05) is 6.61 Å². The van der Waals surface area contributed by atoms with E-state index in [1.54, 1.807) is 6.07 Å². The summed E-state index contributed by atoms with van der Waals surface area (Å²) in [7, 11) is 0. The molecule has 0 radical (unpaired) electrons. The second-order valence-corrected chi connectivity index (χ2v) is 4.90. The molecule has 108 valence electrons. The summed E-state index contributed by atoms with van der Waals surface area (Å²) in [6, 6.07) is 5.56. The minimum absolute atomic E-state index is 0.00582. The Morgan fingerprint density at radius 3 is 2.37 bits per heavy atom. The first kappa shape index (κ1) is 16.0. The molecule has 0 aliphatic rings. The summed E-state index contributed by atoms with van der Waals surface area (Å²) in [5, 5.41) is 12.0. The van der Waals surface area contributed by atoms with Crippen LogP contribution in [0, 0.1) is 5.92 Å². The zero-order chi connectivity index (χ0) is 14.5. The van der Waals surface area contributed by atoms with E-state index in [0.717, 1.165) is 6.07 Å². The topological polar surface area (TPSA) is 32.3 Å². The number of nitrogens with one attached hydrogen (secondary N) is 1. The molecule has 1 atom stereocenters. The van der Waals surface area contributed by atoms with Gasteiger partial charge in [-0.15, -0.1) is 0 Å². The van der Waals surface area contributed by atoms with Crippen molar-refractivity contribution in [3.05, 3.63) is 35.4 Å². The quantitative estimate of drug-likeness (QED) is 0.835. The molecule has 2 nitrogen and oxygen atoms in total. The number of hydrogen-bond donors (Lipinski definition) is 2. The Hall–Kier alpha value is -1.07. The van der Waals surface area contributed by atoms with Gasteiger partial charge in [-0.05, 0) is 24.0 Å². The van der Waals surface area contributed by atoms with Gasteiger partial charge in [-0.25, -0.2) is 0 Å². The highest BCUT2D eigenvalue weighted by molar-refractivity contribution is 5.29. The molecular formula is C14H20F3NO. The highest BCUT2D eigenvalue weighted by atomic mass is 19.4. The average Bonchev–Trinajstić information content (AvgIpc) is 2.33. The Bertz CT molecular complexity index is 391. The number of alkyl halides is 3. The average molecular weight is 275 g/mol. The van der Waals surface area contributed by atoms with Crippen LogP contribution in [-0.2, 0) is 12.7 Å². The molecule has 0 saturated carbocycles. The summed E-state index contributed by atoms with van der Waals surface area (Å²) in [4.78, 5) is 0. The maximum atomic E-state index is 12.8. The molecule has 0 aromatic heterocycles. The van der Waals surface area contributed by atoms with Gasteiger partial charge >= 0.3 is 6.18 Å². The fourth-order valence-electron chi connectivity index (χ4n) is 2.00. The van der Waals surface area contributed by atoms with E-state index < -0.39 is 11.7 Å². The first-order valence-corrected chi connectivity index (χ1v) is 6.35. The number of halogens is 3. The number of hydrogen-bond acceptors (Lipinski definition) is 2. The number of aliphatic hydroxyl groups excluding tert-OH is 1. The zero-order valence-electron chi connectivity index (χ0n) is 11.2. The van der Waals surface area contributed by atoms with Crippen LogP contribution in [0.4, 0.5) is 13.2 Å². The summed E-state index contributed by atoms with van der Waals surface area (Å²) in [6.07, 6.45) is -3.80. The molecule has 0 amide bonds. The monoisotopic (exact) mass is 275 g/mol. The van der Waals surface area contributed by atoms with Crippen molar-refractivity contribution in [3.63, 3.8) is 0 Å². The fourth-order valence-corrected chi connectivity index (χ4v) is 2.00. The van der Waals surface area contributed by atoms with Crippen molar-refractivity contribution in [2.24, 2.45) is 5.92 Å². The van der Waals surface area contributed by atoms with E-state index in [2.05, 4.69) is 5.32 Å². The van der Waals surface area contributed by atoms with Gasteiger partial charge in [-0.2, -0.15) is 13.2 Å². The van der Waals surface area contributed by atoms with Gasteiger partial charge in [-0.1, -0.05) is 32.0 Å². The predicted octanol–water partition coefficient (Wildman–Crippen LogP) is 3.20. The fraction of sp³-hybridized carbons (Fsp3) is 0.571. The molecule has 2 N–H and O–H groups in total. The van der Waals surface area contributed by atoms with Gasteiger partial charge in [0, 0.05) is 19.2 Å². The number of rotatable bonds is 6. The molecule has 0 spiro atoms. The van der Waals surface area contributed by atoms with Crippen molar-refractivity contribution in [1.82, 2.24) is 5.32 Å². The van der Waals surface area contributed by atoms with Crippen LogP contribution in [0.1, 0.15) is 31.4 Å². The van der Waals surface area contributed by atoms with Crippen LogP contribution in [0.15, 0.2) is 24.3 Å². The summed E-state index contributed by atoms with van der Waals surface area (Å²) >= 11 is 0. The summed E-state index contributed by atoms with van der Waals surface area (Å²) in [5.41, 5.74) is -0.368. The van der Waals surface area contributed by atoms with Crippen molar-refractivity contribution in [2.45, 2.75) is 39.0 Å². The minimum atomic E-state index is -4.33. The summed E-state index contributed by atoms with van der Waals surface area (Å²) in [6.45, 7) is 4.13. The normalized spacial score (nSPS) is 13.8. The highest BCUT2D eigenvalue weighted by Crippen LogP contribution is 2.31. The van der Waals surface area contributed by atoms with Crippen LogP contribution in [0.25, 0.3) is 0 Å². The van der Waals surface area contributed by atoms with Crippen molar-refractivity contribution < 1.29 is 18.3 Å². The van der Waals surface area contributed by atoms with Crippen LogP contribution in [-0.4, -0.2) is 17.8 Å². The molecule has 0 bridgehead atoms. The first-order chi connectivity index (χ1) is 8.86. The lowest BCUT2D eigenvalue weighted by molar-refractivity contribution is -0.138. The van der Waals surface area contributed by atoms with Gasteiger partial charge in [0.05, 0.1) is 5.56 Å². The second-order valence-electron chi connectivity index (χ2n) is 4.90. The van der Waals surface area contributed by atoms with Gasteiger partial charge in [0.2, 0.25) is 0 Å². The molecule has 1 aromatic rings. The summed E-state index contributed by atoms with van der Waals surface area (Å²) < 4.78 is 38.4. The van der Waals surface area contributed by atoms with Crippen LogP contribution in [0.3, 0.4) is 0 Å². The van der Waals surface area contributed by atoms with Crippen LogP contribution < -0.4 is 5.32 Å². The molecule has 19 heavy (non-hydrogen) atoms. The van der Waals surface area contributed by atoms with Gasteiger partial charge in [0.25, 0.3) is 0 Å². The van der Waals surface area contributed by atoms with E-state index in [0.29, 0.717) is 6.42 Å². The molecule has 0 saturated heterocycles.